The summed E-state index contributed by atoms with van der Waals surface area (Å²) in [6.45, 7) is 0. The number of carbonyl (C=O) groups is 1. The van der Waals surface area contributed by atoms with Crippen LogP contribution in [0.5, 0.6) is 0 Å². The fourth-order valence-corrected chi connectivity index (χ4v) is 1.55. The molecule has 0 unspecified atom stereocenters. The second kappa shape index (κ2) is 4.11. The maximum Gasteiger partial charge on any atom is 0.307 e. The molecule has 0 bridgehead atoms. The topological polar surface area (TPSA) is 87.1 Å². The van der Waals surface area contributed by atoms with Crippen LogP contribution in [0.4, 0.5) is 5.69 Å². The first kappa shape index (κ1) is 10.5. The van der Waals surface area contributed by atoms with Crippen molar-refractivity contribution in [3.63, 3.8) is 0 Å². The SMILES string of the molecule is N#Cc1ccc(N)c(Br)c1CC(=O)O. The van der Waals surface area contributed by atoms with E-state index in [1.165, 1.54) is 6.07 Å². The molecule has 0 radical (unpaired) electrons. The van der Waals surface area contributed by atoms with Crippen molar-refractivity contribution in [2.24, 2.45) is 0 Å². The highest BCUT2D eigenvalue weighted by Gasteiger charge is 2.12. The van der Waals surface area contributed by atoms with Crippen LogP contribution >= 0.6 is 15.9 Å². The molecule has 0 saturated carbocycles. The van der Waals surface area contributed by atoms with E-state index in [1.807, 2.05) is 6.07 Å². The molecule has 0 atom stereocenters. The number of aliphatic carboxylic acids is 1. The number of nitrogens with zero attached hydrogens (tertiary/aromatic N) is 1. The molecule has 0 heterocycles. The zero-order valence-corrected chi connectivity index (χ0v) is 8.71. The Morgan fingerprint density at radius 1 is 1.64 bits per heavy atom. The molecule has 0 aliphatic heterocycles. The van der Waals surface area contributed by atoms with Crippen molar-refractivity contribution in [1.82, 2.24) is 0 Å². The van der Waals surface area contributed by atoms with Gasteiger partial charge in [0.25, 0.3) is 0 Å². The van der Waals surface area contributed by atoms with Gasteiger partial charge in [-0.3, -0.25) is 4.79 Å². The Balaban J connectivity index is 3.29. The number of benzene rings is 1. The van der Waals surface area contributed by atoms with Crippen LogP contribution in [0.3, 0.4) is 0 Å². The summed E-state index contributed by atoms with van der Waals surface area (Å²) < 4.78 is 0.485. The lowest BCUT2D eigenvalue weighted by atomic mass is 10.0. The van der Waals surface area contributed by atoms with Gasteiger partial charge >= 0.3 is 5.97 Å². The van der Waals surface area contributed by atoms with Crippen molar-refractivity contribution >= 4 is 27.6 Å². The lowest BCUT2D eigenvalue weighted by Crippen LogP contribution is -2.04. The van der Waals surface area contributed by atoms with Gasteiger partial charge in [-0.25, -0.2) is 0 Å². The van der Waals surface area contributed by atoms with E-state index in [-0.39, 0.29) is 6.42 Å². The average molecular weight is 255 g/mol. The van der Waals surface area contributed by atoms with E-state index in [4.69, 9.17) is 16.1 Å². The van der Waals surface area contributed by atoms with Gasteiger partial charge in [-0.05, 0) is 33.6 Å². The summed E-state index contributed by atoms with van der Waals surface area (Å²) in [5, 5.41) is 17.4. The zero-order chi connectivity index (χ0) is 10.7. The number of rotatable bonds is 2. The summed E-state index contributed by atoms with van der Waals surface area (Å²) in [7, 11) is 0. The van der Waals surface area contributed by atoms with Crippen LogP contribution in [-0.4, -0.2) is 11.1 Å². The normalized spacial score (nSPS) is 9.43. The lowest BCUT2D eigenvalue weighted by Gasteiger charge is -2.06. The van der Waals surface area contributed by atoms with E-state index in [1.54, 1.807) is 6.07 Å². The number of anilines is 1. The second-order valence-corrected chi connectivity index (χ2v) is 3.47. The number of nitriles is 1. The summed E-state index contributed by atoms with van der Waals surface area (Å²) in [6.07, 6.45) is -0.214. The van der Waals surface area contributed by atoms with E-state index >= 15 is 0 Å². The first-order valence-electron chi connectivity index (χ1n) is 3.75. The number of carboxylic acids is 1. The van der Waals surface area contributed by atoms with Gasteiger partial charge in [0.1, 0.15) is 0 Å². The summed E-state index contributed by atoms with van der Waals surface area (Å²) in [5.41, 5.74) is 6.75. The van der Waals surface area contributed by atoms with Crippen molar-refractivity contribution in [2.45, 2.75) is 6.42 Å². The molecule has 0 spiro atoms. The molecule has 0 aliphatic rings. The van der Waals surface area contributed by atoms with Crippen molar-refractivity contribution in [3.8, 4) is 6.07 Å². The number of carboxylic acid groups (broad SMARTS) is 1. The van der Waals surface area contributed by atoms with Crippen LogP contribution in [0.1, 0.15) is 11.1 Å². The Labute approximate surface area is 89.1 Å². The highest BCUT2D eigenvalue weighted by molar-refractivity contribution is 9.10. The van der Waals surface area contributed by atoms with Crippen LogP contribution in [0.15, 0.2) is 16.6 Å². The van der Waals surface area contributed by atoms with E-state index in [2.05, 4.69) is 15.9 Å². The summed E-state index contributed by atoms with van der Waals surface area (Å²) in [5.74, 6) is -0.993. The molecule has 1 rings (SSSR count). The second-order valence-electron chi connectivity index (χ2n) is 2.68. The molecular formula is C9H7BrN2O2. The van der Waals surface area contributed by atoms with Gasteiger partial charge in [-0.2, -0.15) is 5.26 Å². The molecule has 0 aromatic heterocycles. The molecule has 72 valence electrons. The number of nitrogens with two attached hydrogens (primary N) is 1. The van der Waals surface area contributed by atoms with E-state index in [0.29, 0.717) is 21.3 Å². The Morgan fingerprint density at radius 2 is 2.29 bits per heavy atom. The van der Waals surface area contributed by atoms with Crippen molar-refractivity contribution in [3.05, 3.63) is 27.7 Å². The molecule has 0 amide bonds. The van der Waals surface area contributed by atoms with Crippen LogP contribution in [0.25, 0.3) is 0 Å². The van der Waals surface area contributed by atoms with Gasteiger partial charge < -0.3 is 10.8 Å². The molecule has 0 saturated heterocycles. The minimum absolute atomic E-state index is 0.214. The molecule has 0 aliphatic carbocycles. The first-order chi connectivity index (χ1) is 6.56. The number of halogens is 1. The molecular weight excluding hydrogens is 248 g/mol. The van der Waals surface area contributed by atoms with Crippen molar-refractivity contribution in [2.75, 3.05) is 5.73 Å². The molecule has 0 fully saturated rings. The largest absolute Gasteiger partial charge is 0.481 e. The standard InChI is InChI=1S/C9H7BrN2O2/c10-9-6(3-8(13)14)5(4-11)1-2-7(9)12/h1-2H,3,12H2,(H,13,14). The Kier molecular flexibility index (Phi) is 3.10. The highest BCUT2D eigenvalue weighted by atomic mass is 79.9. The van der Waals surface area contributed by atoms with E-state index < -0.39 is 5.97 Å². The first-order valence-corrected chi connectivity index (χ1v) is 4.54. The van der Waals surface area contributed by atoms with Crippen LogP contribution in [0, 0.1) is 11.3 Å². The van der Waals surface area contributed by atoms with Gasteiger partial charge in [0, 0.05) is 10.2 Å². The maximum absolute atomic E-state index is 10.5. The lowest BCUT2D eigenvalue weighted by molar-refractivity contribution is -0.136. The quantitative estimate of drug-likeness (QED) is 0.784. The van der Waals surface area contributed by atoms with Gasteiger partial charge in [0.2, 0.25) is 0 Å². The fraction of sp³-hybridized carbons (Fsp3) is 0.111. The average Bonchev–Trinajstić information content (AvgIpc) is 2.13. The van der Waals surface area contributed by atoms with Crippen molar-refractivity contribution < 1.29 is 9.90 Å². The van der Waals surface area contributed by atoms with Crippen LogP contribution in [-0.2, 0) is 11.2 Å². The van der Waals surface area contributed by atoms with E-state index in [9.17, 15) is 4.79 Å². The van der Waals surface area contributed by atoms with Gasteiger partial charge in [-0.15, -0.1) is 0 Å². The Bertz CT molecular complexity index is 424. The molecule has 4 nitrogen and oxygen atoms in total. The molecule has 5 heteroatoms. The van der Waals surface area contributed by atoms with Gasteiger partial charge in [-0.1, -0.05) is 0 Å². The van der Waals surface area contributed by atoms with E-state index in [0.717, 1.165) is 0 Å². The smallest absolute Gasteiger partial charge is 0.307 e. The fourth-order valence-electron chi connectivity index (χ4n) is 1.07. The summed E-state index contributed by atoms with van der Waals surface area (Å²) >= 11 is 3.16. The van der Waals surface area contributed by atoms with Crippen molar-refractivity contribution in [1.29, 1.82) is 5.26 Å². The summed E-state index contributed by atoms with van der Waals surface area (Å²) in [4.78, 5) is 10.5. The van der Waals surface area contributed by atoms with Crippen LogP contribution < -0.4 is 5.73 Å². The predicted octanol–water partition coefficient (Wildman–Crippen LogP) is 1.53. The number of hydrogen-bond donors (Lipinski definition) is 2. The van der Waals surface area contributed by atoms with Gasteiger partial charge in [0.05, 0.1) is 18.1 Å². The molecule has 14 heavy (non-hydrogen) atoms. The zero-order valence-electron chi connectivity index (χ0n) is 7.12. The molecule has 1 aromatic rings. The summed E-state index contributed by atoms with van der Waals surface area (Å²) in [6, 6.07) is 5.00. The Hall–Kier alpha value is -1.54. The third kappa shape index (κ3) is 2.03. The predicted molar refractivity (Wildman–Crippen MR) is 54.6 cm³/mol. The molecule has 3 N–H and O–H groups in total. The Morgan fingerprint density at radius 3 is 2.79 bits per heavy atom. The number of hydrogen-bond acceptors (Lipinski definition) is 3. The highest BCUT2D eigenvalue weighted by Crippen LogP contribution is 2.27. The minimum atomic E-state index is -0.993. The monoisotopic (exact) mass is 254 g/mol. The maximum atomic E-state index is 10.5. The number of nitrogen functional groups attached to an aromatic ring is 1. The third-order valence-electron chi connectivity index (χ3n) is 1.72. The minimum Gasteiger partial charge on any atom is -0.481 e. The van der Waals surface area contributed by atoms with Gasteiger partial charge in [0.15, 0.2) is 0 Å². The molecule has 1 aromatic carbocycles. The van der Waals surface area contributed by atoms with Crippen LogP contribution in [0.2, 0.25) is 0 Å². The third-order valence-corrected chi connectivity index (χ3v) is 2.66.